The highest BCUT2D eigenvalue weighted by Crippen LogP contribution is 2.59. The van der Waals surface area contributed by atoms with E-state index >= 15 is 0 Å². The van der Waals surface area contributed by atoms with Crippen molar-refractivity contribution in [2.45, 2.75) is 104 Å². The molecule has 7 atom stereocenters. The molecule has 0 amide bonds. The first-order valence-electron chi connectivity index (χ1n) is 12.6. The molecule has 0 aromatic carbocycles. The Morgan fingerprint density at radius 3 is 2.29 bits per heavy atom. The summed E-state index contributed by atoms with van der Waals surface area (Å²) >= 11 is 0. The lowest BCUT2D eigenvalue weighted by molar-refractivity contribution is 0.00406. The lowest BCUT2D eigenvalue weighted by Gasteiger charge is -2.44. The van der Waals surface area contributed by atoms with Crippen LogP contribution in [0.3, 0.4) is 0 Å². The Bertz CT molecular complexity index is 698. The van der Waals surface area contributed by atoms with Crippen molar-refractivity contribution in [3.8, 4) is 0 Å². The van der Waals surface area contributed by atoms with Crippen LogP contribution in [0.4, 0.5) is 0 Å². The van der Waals surface area contributed by atoms with Crippen LogP contribution >= 0.6 is 0 Å². The summed E-state index contributed by atoms with van der Waals surface area (Å²) in [5.74, 6) is 1.95. The SMILES string of the molecule is CC1[C@H](O)CC(=C/C=C2\CCC[C@@]3(C)C2CCC3[C@H](C)/C=C/[C@H](C)C(C)(C)O)C[C@H]1O. The molecule has 3 nitrogen and oxygen atoms in total. The maximum Gasteiger partial charge on any atom is 0.0651 e. The summed E-state index contributed by atoms with van der Waals surface area (Å²) in [5.41, 5.74) is 2.42. The second-order valence-electron chi connectivity index (χ2n) is 11.8. The molecule has 0 spiro atoms. The zero-order valence-corrected chi connectivity index (χ0v) is 20.6. The van der Waals surface area contributed by atoms with Crippen molar-refractivity contribution in [2.75, 3.05) is 0 Å². The summed E-state index contributed by atoms with van der Waals surface area (Å²) in [5, 5.41) is 30.7. The topological polar surface area (TPSA) is 60.7 Å². The molecule has 0 radical (unpaired) electrons. The van der Waals surface area contributed by atoms with Gasteiger partial charge >= 0.3 is 0 Å². The van der Waals surface area contributed by atoms with E-state index in [9.17, 15) is 15.3 Å². The van der Waals surface area contributed by atoms with Crippen LogP contribution in [0.1, 0.15) is 86.5 Å². The van der Waals surface area contributed by atoms with Crippen molar-refractivity contribution in [3.05, 3.63) is 35.5 Å². The summed E-state index contributed by atoms with van der Waals surface area (Å²) in [7, 11) is 0. The lowest BCUT2D eigenvalue weighted by Crippen LogP contribution is -2.36. The number of hydrogen-bond acceptors (Lipinski definition) is 3. The summed E-state index contributed by atoms with van der Waals surface area (Å²) in [6, 6.07) is 0. The Labute approximate surface area is 190 Å². The summed E-state index contributed by atoms with van der Waals surface area (Å²) < 4.78 is 0. The molecular weight excluding hydrogens is 384 g/mol. The maximum absolute atomic E-state index is 10.3. The minimum atomic E-state index is -0.676. The van der Waals surface area contributed by atoms with Gasteiger partial charge in [-0.15, -0.1) is 0 Å². The van der Waals surface area contributed by atoms with Gasteiger partial charge in [0, 0.05) is 11.8 Å². The molecule has 31 heavy (non-hydrogen) atoms. The van der Waals surface area contributed by atoms with Gasteiger partial charge in [-0.2, -0.15) is 0 Å². The van der Waals surface area contributed by atoms with Gasteiger partial charge in [-0.3, -0.25) is 0 Å². The first-order valence-corrected chi connectivity index (χ1v) is 12.6. The molecule has 3 N–H and O–H groups in total. The molecule has 0 bridgehead atoms. The van der Waals surface area contributed by atoms with E-state index in [0.29, 0.717) is 36.0 Å². The molecule has 2 unspecified atom stereocenters. The molecular formula is C28H46O3. The molecule has 3 fully saturated rings. The summed E-state index contributed by atoms with van der Waals surface area (Å²) in [6.07, 6.45) is 15.9. The lowest BCUT2D eigenvalue weighted by atomic mass is 9.61. The van der Waals surface area contributed by atoms with E-state index in [1.165, 1.54) is 37.7 Å². The van der Waals surface area contributed by atoms with Crippen LogP contribution < -0.4 is 0 Å². The molecule has 3 aliphatic rings. The van der Waals surface area contributed by atoms with Crippen molar-refractivity contribution in [2.24, 2.45) is 35.0 Å². The number of rotatable bonds is 5. The van der Waals surface area contributed by atoms with E-state index in [4.69, 9.17) is 0 Å². The van der Waals surface area contributed by atoms with Crippen molar-refractivity contribution >= 4 is 0 Å². The van der Waals surface area contributed by atoms with Gasteiger partial charge in [0.1, 0.15) is 0 Å². The molecule has 0 aromatic heterocycles. The minimum absolute atomic E-state index is 0.0352. The van der Waals surface area contributed by atoms with Crippen LogP contribution in [-0.2, 0) is 0 Å². The van der Waals surface area contributed by atoms with Crippen molar-refractivity contribution in [1.82, 2.24) is 0 Å². The number of aliphatic hydroxyl groups is 3. The third-order valence-electron chi connectivity index (χ3n) is 9.18. The molecule has 0 aliphatic heterocycles. The fourth-order valence-electron chi connectivity index (χ4n) is 6.46. The Balaban J connectivity index is 1.73. The first kappa shape index (κ1) is 24.7. The van der Waals surface area contributed by atoms with Gasteiger partial charge < -0.3 is 15.3 Å². The minimum Gasteiger partial charge on any atom is -0.392 e. The molecule has 176 valence electrons. The third-order valence-corrected chi connectivity index (χ3v) is 9.18. The maximum atomic E-state index is 10.3. The third kappa shape index (κ3) is 5.37. The predicted molar refractivity (Wildman–Crippen MR) is 129 cm³/mol. The van der Waals surface area contributed by atoms with Crippen LogP contribution in [0.15, 0.2) is 35.5 Å². The molecule has 0 heterocycles. The van der Waals surface area contributed by atoms with Crippen molar-refractivity contribution < 1.29 is 15.3 Å². The Morgan fingerprint density at radius 1 is 1.03 bits per heavy atom. The van der Waals surface area contributed by atoms with Gasteiger partial charge in [-0.05, 0) is 82.0 Å². The Kier molecular flexibility index (Phi) is 7.61. The van der Waals surface area contributed by atoms with Gasteiger partial charge in [0.2, 0.25) is 0 Å². The van der Waals surface area contributed by atoms with Crippen LogP contribution in [0.25, 0.3) is 0 Å². The molecule has 3 aliphatic carbocycles. The quantitative estimate of drug-likeness (QED) is 0.483. The van der Waals surface area contributed by atoms with Crippen molar-refractivity contribution in [3.63, 3.8) is 0 Å². The largest absolute Gasteiger partial charge is 0.392 e. The normalized spacial score (nSPS) is 40.2. The average Bonchev–Trinajstić information content (AvgIpc) is 3.05. The van der Waals surface area contributed by atoms with E-state index in [0.717, 1.165) is 0 Å². The van der Waals surface area contributed by atoms with Gasteiger partial charge in [-0.1, -0.05) is 63.1 Å². The highest BCUT2D eigenvalue weighted by atomic mass is 16.3. The van der Waals surface area contributed by atoms with Gasteiger partial charge in [0.15, 0.2) is 0 Å². The Hall–Kier alpha value is -0.900. The van der Waals surface area contributed by atoms with Gasteiger partial charge in [0.25, 0.3) is 0 Å². The van der Waals surface area contributed by atoms with Crippen LogP contribution in [0.2, 0.25) is 0 Å². The van der Waals surface area contributed by atoms with E-state index in [-0.39, 0.29) is 11.8 Å². The first-order chi connectivity index (χ1) is 14.4. The zero-order valence-electron chi connectivity index (χ0n) is 20.6. The van der Waals surface area contributed by atoms with Crippen molar-refractivity contribution in [1.29, 1.82) is 0 Å². The highest BCUT2D eigenvalue weighted by Gasteiger charge is 2.50. The van der Waals surface area contributed by atoms with E-state index in [1.807, 2.05) is 20.8 Å². The summed E-state index contributed by atoms with van der Waals surface area (Å²) in [6.45, 7) is 12.7. The second-order valence-corrected chi connectivity index (χ2v) is 11.8. The molecule has 3 rings (SSSR count). The molecule has 0 saturated heterocycles. The van der Waals surface area contributed by atoms with Crippen LogP contribution in [0, 0.1) is 35.0 Å². The van der Waals surface area contributed by atoms with E-state index in [2.05, 4.69) is 45.1 Å². The van der Waals surface area contributed by atoms with Gasteiger partial charge in [0.05, 0.1) is 17.8 Å². The predicted octanol–water partition coefficient (Wildman–Crippen LogP) is 5.81. The smallest absolute Gasteiger partial charge is 0.0651 e. The Morgan fingerprint density at radius 2 is 1.68 bits per heavy atom. The van der Waals surface area contributed by atoms with Gasteiger partial charge in [-0.25, -0.2) is 0 Å². The fourth-order valence-corrected chi connectivity index (χ4v) is 6.46. The van der Waals surface area contributed by atoms with Crippen LogP contribution in [-0.4, -0.2) is 33.1 Å². The molecule has 3 saturated carbocycles. The number of allylic oxidation sites excluding steroid dienone is 4. The number of hydrogen-bond donors (Lipinski definition) is 3. The summed E-state index contributed by atoms with van der Waals surface area (Å²) in [4.78, 5) is 0. The second kappa shape index (κ2) is 9.53. The van der Waals surface area contributed by atoms with E-state index in [1.54, 1.807) is 5.57 Å². The molecule has 3 heteroatoms. The zero-order chi connectivity index (χ0) is 23.0. The van der Waals surface area contributed by atoms with E-state index < -0.39 is 17.8 Å². The highest BCUT2D eigenvalue weighted by molar-refractivity contribution is 5.26. The molecule has 0 aromatic rings. The number of aliphatic hydroxyl groups excluding tert-OH is 2. The number of fused-ring (bicyclic) bond motifs is 1. The van der Waals surface area contributed by atoms with Crippen LogP contribution in [0.5, 0.6) is 0 Å². The monoisotopic (exact) mass is 430 g/mol. The average molecular weight is 431 g/mol. The standard InChI is InChI=1S/C28H46O3/c1-18(9-10-19(2)27(4,5)31)23-13-14-24-22(8-7-15-28(23,24)6)12-11-21-16-25(29)20(3)26(30)17-21/h9-12,18-20,23-26,29-31H,7-8,13-17H2,1-6H3/b10-9+,21-11?,22-12+/t18-,19+,20?,23?,24?,25-,26-,28-/m1/s1. The fraction of sp³-hybridized carbons (Fsp3) is 0.786.